The zero-order chi connectivity index (χ0) is 24.9. The van der Waals surface area contributed by atoms with Gasteiger partial charge in [0.25, 0.3) is 11.8 Å². The smallest absolute Gasteiger partial charge is 0.335 e. The van der Waals surface area contributed by atoms with E-state index in [4.69, 9.17) is 9.47 Å². The maximum Gasteiger partial charge on any atom is 0.335 e. The van der Waals surface area contributed by atoms with Crippen molar-refractivity contribution in [2.24, 2.45) is 0 Å². The first-order valence-electron chi connectivity index (χ1n) is 10.7. The van der Waals surface area contributed by atoms with Crippen LogP contribution in [0.25, 0.3) is 6.08 Å². The fraction of sp³-hybridized carbons (Fsp3) is 0.115. The number of amides is 4. The molecule has 0 spiro atoms. The molecule has 7 nitrogen and oxygen atoms in total. The zero-order valence-electron chi connectivity index (χ0n) is 18.6. The molecule has 1 saturated heterocycles. The van der Waals surface area contributed by atoms with Crippen LogP contribution in [0.5, 0.6) is 11.5 Å². The highest BCUT2D eigenvalue weighted by atomic mass is 79.9. The molecule has 3 aromatic carbocycles. The van der Waals surface area contributed by atoms with Crippen molar-refractivity contribution in [2.75, 3.05) is 11.5 Å². The lowest BCUT2D eigenvalue weighted by atomic mass is 10.1. The molecule has 1 aliphatic rings. The number of urea groups is 1. The molecular weight excluding hydrogens is 519 g/mol. The van der Waals surface area contributed by atoms with Gasteiger partial charge in [0.05, 0.1) is 12.3 Å². The Morgan fingerprint density at radius 2 is 1.71 bits per heavy atom. The second-order valence-corrected chi connectivity index (χ2v) is 8.37. The van der Waals surface area contributed by atoms with Gasteiger partial charge in [-0.15, -0.1) is 0 Å². The average Bonchev–Trinajstić information content (AvgIpc) is 2.83. The third kappa shape index (κ3) is 5.41. The van der Waals surface area contributed by atoms with Crippen LogP contribution < -0.4 is 19.7 Å². The molecule has 0 saturated carbocycles. The number of carbonyl (C=O) groups is 3. The molecule has 35 heavy (non-hydrogen) atoms. The molecule has 4 rings (SSSR count). The minimum atomic E-state index is -0.827. The number of imide groups is 2. The Balaban J connectivity index is 1.61. The van der Waals surface area contributed by atoms with Crippen LogP contribution in [0.4, 0.5) is 14.9 Å². The summed E-state index contributed by atoms with van der Waals surface area (Å²) in [6.45, 7) is 2.13. The van der Waals surface area contributed by atoms with Crippen molar-refractivity contribution in [3.05, 3.63) is 93.7 Å². The monoisotopic (exact) mass is 538 g/mol. The van der Waals surface area contributed by atoms with Crippen molar-refractivity contribution in [2.45, 2.75) is 13.5 Å². The molecular formula is C26H20BrFN2O5. The normalized spacial score (nSPS) is 14.8. The largest absolute Gasteiger partial charge is 0.490 e. The van der Waals surface area contributed by atoms with Gasteiger partial charge in [0.15, 0.2) is 11.5 Å². The van der Waals surface area contributed by atoms with E-state index in [0.717, 1.165) is 9.37 Å². The molecule has 0 aliphatic carbocycles. The van der Waals surface area contributed by atoms with Crippen LogP contribution >= 0.6 is 15.9 Å². The van der Waals surface area contributed by atoms with Gasteiger partial charge in [-0.05, 0) is 61.0 Å². The molecule has 0 aromatic heterocycles. The van der Waals surface area contributed by atoms with E-state index in [2.05, 4.69) is 21.2 Å². The first kappa shape index (κ1) is 24.2. The number of carbonyl (C=O) groups excluding carboxylic acids is 3. The topological polar surface area (TPSA) is 84.9 Å². The summed E-state index contributed by atoms with van der Waals surface area (Å²) in [4.78, 5) is 38.8. The summed E-state index contributed by atoms with van der Waals surface area (Å²) in [6, 6.07) is 16.9. The molecule has 1 fully saturated rings. The molecule has 3 aromatic rings. The maximum atomic E-state index is 13.9. The van der Waals surface area contributed by atoms with Crippen molar-refractivity contribution >= 4 is 45.5 Å². The number of ether oxygens (including phenoxy) is 2. The van der Waals surface area contributed by atoms with Gasteiger partial charge in [0.1, 0.15) is 18.0 Å². The number of halogens is 2. The van der Waals surface area contributed by atoms with E-state index in [1.807, 2.05) is 0 Å². The standard InChI is InChI=1S/C26H20BrFN2O5/c1-2-34-23-14-16(7-12-22(23)35-15-17-5-3-4-6-21(17)28)13-20-24(31)29-26(33)30(25(20)32)19-10-8-18(27)9-11-19/h3-14H,2,15H2,1H3,(H,29,31,33). The Morgan fingerprint density at radius 1 is 0.971 bits per heavy atom. The van der Waals surface area contributed by atoms with Crippen LogP contribution in [0.1, 0.15) is 18.1 Å². The molecule has 0 atom stereocenters. The lowest BCUT2D eigenvalue weighted by Crippen LogP contribution is -2.54. The summed E-state index contributed by atoms with van der Waals surface area (Å²) < 4.78 is 26.1. The van der Waals surface area contributed by atoms with E-state index < -0.39 is 17.8 Å². The second-order valence-electron chi connectivity index (χ2n) is 7.45. The van der Waals surface area contributed by atoms with Crippen molar-refractivity contribution in [1.82, 2.24) is 5.32 Å². The summed E-state index contributed by atoms with van der Waals surface area (Å²) in [6.07, 6.45) is 1.37. The highest BCUT2D eigenvalue weighted by molar-refractivity contribution is 9.10. The average molecular weight is 539 g/mol. The van der Waals surface area contributed by atoms with Crippen LogP contribution in [0.3, 0.4) is 0 Å². The third-order valence-corrected chi connectivity index (χ3v) is 5.63. The van der Waals surface area contributed by atoms with Crippen LogP contribution in [-0.2, 0) is 16.2 Å². The van der Waals surface area contributed by atoms with Crippen LogP contribution in [-0.4, -0.2) is 24.5 Å². The van der Waals surface area contributed by atoms with E-state index in [9.17, 15) is 18.8 Å². The number of nitrogens with one attached hydrogen (secondary N) is 1. The minimum absolute atomic E-state index is 0.00165. The fourth-order valence-corrected chi connectivity index (χ4v) is 3.69. The summed E-state index contributed by atoms with van der Waals surface area (Å²) in [7, 11) is 0. The van der Waals surface area contributed by atoms with Crippen LogP contribution in [0, 0.1) is 5.82 Å². The summed E-state index contributed by atoms with van der Waals surface area (Å²) in [5, 5.41) is 2.19. The van der Waals surface area contributed by atoms with Gasteiger partial charge in [0, 0.05) is 10.0 Å². The molecule has 1 heterocycles. The molecule has 4 amide bonds. The minimum Gasteiger partial charge on any atom is -0.490 e. The molecule has 0 unspecified atom stereocenters. The lowest BCUT2D eigenvalue weighted by Gasteiger charge is -2.26. The number of nitrogens with zero attached hydrogens (tertiary/aromatic N) is 1. The first-order chi connectivity index (χ1) is 16.9. The van der Waals surface area contributed by atoms with Gasteiger partial charge in [-0.3, -0.25) is 14.9 Å². The second kappa shape index (κ2) is 10.5. The van der Waals surface area contributed by atoms with Gasteiger partial charge >= 0.3 is 6.03 Å². The first-order valence-corrected chi connectivity index (χ1v) is 11.5. The van der Waals surface area contributed by atoms with Gasteiger partial charge < -0.3 is 9.47 Å². The van der Waals surface area contributed by atoms with E-state index in [1.54, 1.807) is 67.6 Å². The molecule has 1 N–H and O–H groups in total. The Labute approximate surface area is 209 Å². The van der Waals surface area contributed by atoms with Crippen molar-refractivity contribution in [3.8, 4) is 11.5 Å². The Kier molecular flexibility index (Phi) is 7.26. The number of hydrogen-bond donors (Lipinski definition) is 1. The van der Waals surface area contributed by atoms with Crippen molar-refractivity contribution < 1.29 is 28.2 Å². The summed E-state index contributed by atoms with van der Waals surface area (Å²) in [5.41, 5.74) is 0.981. The van der Waals surface area contributed by atoms with Gasteiger partial charge in [-0.1, -0.05) is 40.2 Å². The van der Waals surface area contributed by atoms with Gasteiger partial charge in [-0.2, -0.15) is 0 Å². The van der Waals surface area contributed by atoms with Gasteiger partial charge in [-0.25, -0.2) is 14.1 Å². The SMILES string of the molecule is CCOc1cc(C=C2C(=O)NC(=O)N(c3ccc(Br)cc3)C2=O)ccc1OCc1ccccc1F. The highest BCUT2D eigenvalue weighted by Crippen LogP contribution is 2.31. The Bertz CT molecular complexity index is 1320. The quantitative estimate of drug-likeness (QED) is 0.328. The summed E-state index contributed by atoms with van der Waals surface area (Å²) in [5.74, 6) is -1.19. The van der Waals surface area contributed by atoms with E-state index >= 15 is 0 Å². The van der Waals surface area contributed by atoms with E-state index in [-0.39, 0.29) is 18.0 Å². The molecule has 1 aliphatic heterocycles. The van der Waals surface area contributed by atoms with Crippen molar-refractivity contribution in [3.63, 3.8) is 0 Å². The predicted molar refractivity (Wildman–Crippen MR) is 131 cm³/mol. The third-order valence-electron chi connectivity index (χ3n) is 5.11. The van der Waals surface area contributed by atoms with Crippen molar-refractivity contribution in [1.29, 1.82) is 0 Å². The summed E-state index contributed by atoms with van der Waals surface area (Å²) >= 11 is 3.31. The lowest BCUT2D eigenvalue weighted by molar-refractivity contribution is -0.122. The van der Waals surface area contributed by atoms with E-state index in [0.29, 0.717) is 34.9 Å². The molecule has 9 heteroatoms. The number of rotatable bonds is 7. The van der Waals surface area contributed by atoms with Gasteiger partial charge in [0.2, 0.25) is 0 Å². The zero-order valence-corrected chi connectivity index (χ0v) is 20.2. The Hall–Kier alpha value is -3.98. The molecule has 0 bridgehead atoms. The van der Waals surface area contributed by atoms with Crippen LogP contribution in [0.2, 0.25) is 0 Å². The maximum absolute atomic E-state index is 13.9. The van der Waals surface area contributed by atoms with Crippen LogP contribution in [0.15, 0.2) is 76.8 Å². The number of benzene rings is 3. The number of anilines is 1. The molecule has 0 radical (unpaired) electrons. The molecule has 178 valence electrons. The highest BCUT2D eigenvalue weighted by Gasteiger charge is 2.36. The van der Waals surface area contributed by atoms with E-state index in [1.165, 1.54) is 12.1 Å². The number of barbiturate groups is 1. The predicted octanol–water partition coefficient (Wildman–Crippen LogP) is 5.23. The Morgan fingerprint density at radius 3 is 2.43 bits per heavy atom. The fourth-order valence-electron chi connectivity index (χ4n) is 3.42. The number of hydrogen-bond acceptors (Lipinski definition) is 5.